The summed E-state index contributed by atoms with van der Waals surface area (Å²) in [5.41, 5.74) is 3.76. The molecule has 1 saturated carbocycles. The fourth-order valence-corrected chi connectivity index (χ4v) is 5.84. The topological polar surface area (TPSA) is 77.4 Å². The van der Waals surface area contributed by atoms with E-state index < -0.39 is 0 Å². The Balaban J connectivity index is 1.18. The first-order valence-electron chi connectivity index (χ1n) is 12.9. The van der Waals surface area contributed by atoms with E-state index in [1.54, 1.807) is 0 Å². The number of H-pyrrole nitrogens is 1. The fourth-order valence-electron chi connectivity index (χ4n) is 5.84. The first-order chi connectivity index (χ1) is 17.2. The lowest BCUT2D eigenvalue weighted by Crippen LogP contribution is -2.52. The van der Waals surface area contributed by atoms with Gasteiger partial charge in [0.1, 0.15) is 5.52 Å². The van der Waals surface area contributed by atoms with E-state index in [-0.39, 0.29) is 0 Å². The maximum atomic E-state index is 4.91. The van der Waals surface area contributed by atoms with Gasteiger partial charge in [-0.2, -0.15) is 10.1 Å². The van der Waals surface area contributed by atoms with Crippen molar-refractivity contribution >= 4 is 23.1 Å². The number of anilines is 3. The van der Waals surface area contributed by atoms with Gasteiger partial charge in [-0.05, 0) is 37.5 Å². The number of aryl methyl sites for hydroxylation is 1. The maximum absolute atomic E-state index is 4.91. The molecule has 2 aliphatic rings. The average Bonchev–Trinajstić information content (AvgIpc) is 3.54. The van der Waals surface area contributed by atoms with Crippen LogP contribution >= 0.6 is 0 Å². The van der Waals surface area contributed by atoms with Crippen molar-refractivity contribution in [2.45, 2.75) is 44.4 Å². The zero-order valence-corrected chi connectivity index (χ0v) is 20.5. The van der Waals surface area contributed by atoms with Gasteiger partial charge < -0.3 is 10.2 Å². The molecule has 1 aromatic carbocycles. The Bertz CT molecular complexity index is 1260. The van der Waals surface area contributed by atoms with Crippen LogP contribution < -0.4 is 10.2 Å². The minimum atomic E-state index is 0.293. The molecule has 35 heavy (non-hydrogen) atoms. The molecule has 0 spiro atoms. The number of hydrogen-bond acceptors (Lipinski definition) is 6. The second kappa shape index (κ2) is 9.34. The number of fused-ring (bicyclic) bond motifs is 1. The van der Waals surface area contributed by atoms with Crippen LogP contribution in [0, 0.1) is 6.92 Å². The Labute approximate surface area is 206 Å². The minimum Gasteiger partial charge on any atom is -0.337 e. The molecule has 8 heteroatoms. The molecule has 0 radical (unpaired) electrons. The number of nitrogens with one attached hydrogen (secondary N) is 2. The third-order valence-corrected chi connectivity index (χ3v) is 7.71. The second-order valence-electron chi connectivity index (χ2n) is 10.1. The Morgan fingerprint density at radius 2 is 1.77 bits per heavy atom. The number of nitrogens with zero attached hydrogens (tertiary/aromatic N) is 6. The van der Waals surface area contributed by atoms with Crippen LogP contribution in [0.3, 0.4) is 0 Å². The Kier molecular flexibility index (Phi) is 5.90. The molecule has 0 unspecified atom stereocenters. The van der Waals surface area contributed by atoms with Crippen LogP contribution in [-0.4, -0.2) is 62.4 Å². The van der Waals surface area contributed by atoms with E-state index in [0.29, 0.717) is 5.41 Å². The van der Waals surface area contributed by atoms with Gasteiger partial charge in [0, 0.05) is 56.1 Å². The number of hydrogen-bond donors (Lipinski definition) is 2. The minimum absolute atomic E-state index is 0.293. The average molecular weight is 471 g/mol. The van der Waals surface area contributed by atoms with E-state index in [2.05, 4.69) is 55.6 Å². The third kappa shape index (κ3) is 4.50. The standard InChI is InChI=1S/C27H34N8/c1-21-19-24(31-30-21)28-25-23-11-8-14-35(23)32-26(29-25)34-17-15-33(16-18-34)20-27(12-6-3-7-13-27)22-9-4-2-5-10-22/h2,4-5,8-11,14,19H,3,6-7,12-13,15-18,20H2,1H3,(H2,28,29,30,31,32). The van der Waals surface area contributed by atoms with Gasteiger partial charge in [-0.1, -0.05) is 49.6 Å². The summed E-state index contributed by atoms with van der Waals surface area (Å²) in [6.45, 7) is 7.06. The van der Waals surface area contributed by atoms with Crippen molar-refractivity contribution in [3.8, 4) is 0 Å². The van der Waals surface area contributed by atoms with Gasteiger partial charge in [0.2, 0.25) is 5.95 Å². The summed E-state index contributed by atoms with van der Waals surface area (Å²) in [6, 6.07) is 17.2. The van der Waals surface area contributed by atoms with Crippen LogP contribution in [0.5, 0.6) is 0 Å². The summed E-state index contributed by atoms with van der Waals surface area (Å²) in [7, 11) is 0. The van der Waals surface area contributed by atoms with E-state index in [9.17, 15) is 0 Å². The van der Waals surface area contributed by atoms with Gasteiger partial charge in [0.05, 0.1) is 0 Å². The molecular formula is C27H34N8. The summed E-state index contributed by atoms with van der Waals surface area (Å²) in [5, 5.41) is 15.5. The highest BCUT2D eigenvalue weighted by molar-refractivity contribution is 5.73. The van der Waals surface area contributed by atoms with Crippen molar-refractivity contribution in [2.75, 3.05) is 42.9 Å². The first-order valence-corrected chi connectivity index (χ1v) is 12.9. The maximum Gasteiger partial charge on any atom is 0.245 e. The molecule has 4 aromatic rings. The number of piperazine rings is 1. The summed E-state index contributed by atoms with van der Waals surface area (Å²) >= 11 is 0. The SMILES string of the molecule is Cc1cc(Nc2nc(N3CCN(CC4(c5ccccc5)CCCCC4)CC3)nn3cccc23)n[nH]1. The largest absolute Gasteiger partial charge is 0.337 e. The molecule has 0 atom stereocenters. The third-order valence-electron chi connectivity index (χ3n) is 7.71. The molecule has 0 amide bonds. The van der Waals surface area contributed by atoms with E-state index in [4.69, 9.17) is 10.1 Å². The van der Waals surface area contributed by atoms with Crippen molar-refractivity contribution in [2.24, 2.45) is 0 Å². The molecular weight excluding hydrogens is 436 g/mol. The first kappa shape index (κ1) is 22.1. The van der Waals surface area contributed by atoms with Gasteiger partial charge >= 0.3 is 0 Å². The summed E-state index contributed by atoms with van der Waals surface area (Å²) in [6.07, 6.45) is 8.62. The second-order valence-corrected chi connectivity index (χ2v) is 10.1. The Hall–Kier alpha value is -3.39. The number of benzene rings is 1. The van der Waals surface area contributed by atoms with Gasteiger partial charge in [-0.3, -0.25) is 10.00 Å². The van der Waals surface area contributed by atoms with Crippen LogP contribution in [0.15, 0.2) is 54.7 Å². The van der Waals surface area contributed by atoms with Gasteiger partial charge in [0.25, 0.3) is 0 Å². The summed E-state index contributed by atoms with van der Waals surface area (Å²) in [5.74, 6) is 2.30. The van der Waals surface area contributed by atoms with Crippen LogP contribution in [0.1, 0.15) is 43.4 Å². The van der Waals surface area contributed by atoms with E-state index >= 15 is 0 Å². The molecule has 6 rings (SSSR count). The van der Waals surface area contributed by atoms with Crippen LogP contribution in [0.2, 0.25) is 0 Å². The molecule has 8 nitrogen and oxygen atoms in total. The molecule has 2 N–H and O–H groups in total. The quantitative estimate of drug-likeness (QED) is 0.431. The zero-order valence-electron chi connectivity index (χ0n) is 20.5. The molecule has 3 aromatic heterocycles. The summed E-state index contributed by atoms with van der Waals surface area (Å²) < 4.78 is 1.91. The van der Waals surface area contributed by atoms with Crippen LogP contribution in [-0.2, 0) is 5.41 Å². The number of rotatable bonds is 6. The Morgan fingerprint density at radius 3 is 2.51 bits per heavy atom. The zero-order chi connectivity index (χ0) is 23.7. The predicted molar refractivity (Wildman–Crippen MR) is 139 cm³/mol. The number of aromatic nitrogens is 5. The highest BCUT2D eigenvalue weighted by Crippen LogP contribution is 2.40. The van der Waals surface area contributed by atoms with E-state index in [1.807, 2.05) is 35.8 Å². The molecule has 1 aliphatic heterocycles. The van der Waals surface area contributed by atoms with Crippen molar-refractivity contribution in [1.29, 1.82) is 0 Å². The Morgan fingerprint density at radius 1 is 0.971 bits per heavy atom. The lowest BCUT2D eigenvalue weighted by Gasteiger charge is -2.44. The normalized spacial score (nSPS) is 18.7. The van der Waals surface area contributed by atoms with Crippen LogP contribution in [0.4, 0.5) is 17.6 Å². The molecule has 182 valence electrons. The molecule has 1 saturated heterocycles. The molecule has 0 bridgehead atoms. The molecule has 4 heterocycles. The highest BCUT2D eigenvalue weighted by atomic mass is 15.4. The lowest BCUT2D eigenvalue weighted by atomic mass is 9.69. The van der Waals surface area contributed by atoms with Gasteiger partial charge in [0.15, 0.2) is 11.6 Å². The molecule has 2 fully saturated rings. The predicted octanol–water partition coefficient (Wildman–Crippen LogP) is 4.53. The van der Waals surface area contributed by atoms with Crippen molar-refractivity contribution in [1.82, 2.24) is 29.7 Å². The highest BCUT2D eigenvalue weighted by Gasteiger charge is 2.36. The van der Waals surface area contributed by atoms with Crippen molar-refractivity contribution in [3.63, 3.8) is 0 Å². The van der Waals surface area contributed by atoms with E-state index in [1.165, 1.54) is 37.7 Å². The fraction of sp³-hybridized carbons (Fsp3) is 0.444. The number of aromatic amines is 1. The molecule has 1 aliphatic carbocycles. The summed E-state index contributed by atoms with van der Waals surface area (Å²) in [4.78, 5) is 9.89. The lowest BCUT2D eigenvalue weighted by molar-refractivity contribution is 0.161. The van der Waals surface area contributed by atoms with Crippen molar-refractivity contribution < 1.29 is 0 Å². The van der Waals surface area contributed by atoms with Crippen LogP contribution in [0.25, 0.3) is 5.52 Å². The van der Waals surface area contributed by atoms with Gasteiger partial charge in [-0.25, -0.2) is 4.52 Å². The smallest absolute Gasteiger partial charge is 0.245 e. The van der Waals surface area contributed by atoms with E-state index in [0.717, 1.165) is 61.5 Å². The monoisotopic (exact) mass is 470 g/mol. The van der Waals surface area contributed by atoms with Crippen molar-refractivity contribution in [3.05, 3.63) is 66.0 Å². The van der Waals surface area contributed by atoms with Gasteiger partial charge in [-0.15, -0.1) is 5.10 Å².